The van der Waals surface area contributed by atoms with Crippen LogP contribution in [0.1, 0.15) is 18.4 Å². The van der Waals surface area contributed by atoms with Crippen molar-refractivity contribution < 1.29 is 9.53 Å². The molecule has 0 aliphatic carbocycles. The van der Waals surface area contributed by atoms with Gasteiger partial charge in [-0.05, 0) is 49.9 Å². The van der Waals surface area contributed by atoms with Crippen LogP contribution in [0, 0.1) is 11.8 Å². The minimum Gasteiger partial charge on any atom is -0.492 e. The number of carbonyl (C=O) groups is 1. The van der Waals surface area contributed by atoms with E-state index in [4.69, 9.17) is 4.74 Å². The Balaban J connectivity index is 1.51. The van der Waals surface area contributed by atoms with E-state index in [9.17, 15) is 4.79 Å². The Bertz CT molecular complexity index is 469. The lowest BCUT2D eigenvalue weighted by atomic mass is 9.95. The molecule has 1 amide bonds. The predicted octanol–water partition coefficient (Wildman–Crippen LogP) is 1.35. The molecule has 0 aromatic heterocycles. The van der Waals surface area contributed by atoms with Crippen LogP contribution in [0.5, 0.6) is 5.75 Å². The number of carbonyl (C=O) groups excluding carboxylic acids is 1. The number of fused-ring (bicyclic) bond motifs is 1. The highest BCUT2D eigenvalue weighted by atomic mass is 16.5. The number of para-hydroxylation sites is 1. The molecule has 2 N–H and O–H groups in total. The number of rotatable bonds is 3. The van der Waals surface area contributed by atoms with Gasteiger partial charge in [-0.15, -0.1) is 0 Å². The summed E-state index contributed by atoms with van der Waals surface area (Å²) in [5.74, 6) is 1.57. The zero-order valence-electron chi connectivity index (χ0n) is 11.7. The van der Waals surface area contributed by atoms with E-state index in [1.54, 1.807) is 0 Å². The first kappa shape index (κ1) is 13.4. The molecule has 1 aromatic carbocycles. The van der Waals surface area contributed by atoms with Crippen molar-refractivity contribution in [2.24, 2.45) is 11.8 Å². The molecule has 1 aromatic rings. The summed E-state index contributed by atoms with van der Waals surface area (Å²) in [6.07, 6.45) is 3.20. The quantitative estimate of drug-likeness (QED) is 0.875. The van der Waals surface area contributed by atoms with Crippen LogP contribution in [0.3, 0.4) is 0 Å². The molecule has 2 aliphatic heterocycles. The monoisotopic (exact) mass is 274 g/mol. The summed E-state index contributed by atoms with van der Waals surface area (Å²) in [6, 6.07) is 7.97. The van der Waals surface area contributed by atoms with Crippen molar-refractivity contribution >= 4 is 5.91 Å². The molecule has 2 aliphatic rings. The maximum atomic E-state index is 12.2. The largest absolute Gasteiger partial charge is 0.492 e. The number of hydrogen-bond donors (Lipinski definition) is 2. The summed E-state index contributed by atoms with van der Waals surface area (Å²) in [7, 11) is 0. The molecular weight excluding hydrogens is 252 g/mol. The van der Waals surface area contributed by atoms with Gasteiger partial charge in [0.2, 0.25) is 5.91 Å². The third-order valence-electron chi connectivity index (χ3n) is 4.21. The van der Waals surface area contributed by atoms with Crippen molar-refractivity contribution in [3.05, 3.63) is 29.8 Å². The van der Waals surface area contributed by atoms with Crippen molar-refractivity contribution in [3.63, 3.8) is 0 Å². The highest BCUT2D eigenvalue weighted by Crippen LogP contribution is 2.26. The van der Waals surface area contributed by atoms with Crippen molar-refractivity contribution in [2.75, 3.05) is 26.2 Å². The molecule has 3 rings (SSSR count). The maximum absolute atomic E-state index is 12.2. The Morgan fingerprint density at radius 3 is 3.15 bits per heavy atom. The Morgan fingerprint density at radius 2 is 2.30 bits per heavy atom. The van der Waals surface area contributed by atoms with Gasteiger partial charge in [0, 0.05) is 6.54 Å². The SMILES string of the molecule is O=C(NCC1CCCNC1)C1COc2ccccc2C1. The van der Waals surface area contributed by atoms with E-state index in [1.807, 2.05) is 24.3 Å². The topological polar surface area (TPSA) is 50.4 Å². The van der Waals surface area contributed by atoms with Crippen molar-refractivity contribution in [2.45, 2.75) is 19.3 Å². The van der Waals surface area contributed by atoms with Crippen molar-refractivity contribution in [3.8, 4) is 5.75 Å². The van der Waals surface area contributed by atoms with Crippen LogP contribution >= 0.6 is 0 Å². The summed E-state index contributed by atoms with van der Waals surface area (Å²) >= 11 is 0. The zero-order chi connectivity index (χ0) is 13.8. The van der Waals surface area contributed by atoms with Crippen LogP contribution in [0.2, 0.25) is 0 Å². The molecule has 20 heavy (non-hydrogen) atoms. The molecule has 2 unspecified atom stereocenters. The van der Waals surface area contributed by atoms with Crippen LogP contribution in [0.4, 0.5) is 0 Å². The fraction of sp³-hybridized carbons (Fsp3) is 0.562. The van der Waals surface area contributed by atoms with Crippen LogP contribution in [-0.2, 0) is 11.2 Å². The minimum absolute atomic E-state index is 0.0542. The Labute approximate surface area is 119 Å². The number of amides is 1. The van der Waals surface area contributed by atoms with Gasteiger partial charge in [0.25, 0.3) is 0 Å². The fourth-order valence-electron chi connectivity index (χ4n) is 2.98. The third kappa shape index (κ3) is 3.12. The van der Waals surface area contributed by atoms with Gasteiger partial charge >= 0.3 is 0 Å². The Morgan fingerprint density at radius 1 is 1.40 bits per heavy atom. The van der Waals surface area contributed by atoms with Gasteiger partial charge in [-0.3, -0.25) is 4.79 Å². The Hall–Kier alpha value is -1.55. The second-order valence-corrected chi connectivity index (χ2v) is 5.78. The number of ether oxygens (including phenoxy) is 1. The fourth-order valence-corrected chi connectivity index (χ4v) is 2.98. The lowest BCUT2D eigenvalue weighted by molar-refractivity contribution is -0.126. The van der Waals surface area contributed by atoms with E-state index >= 15 is 0 Å². The normalized spacial score (nSPS) is 25.4. The molecule has 4 heteroatoms. The maximum Gasteiger partial charge on any atom is 0.226 e. The third-order valence-corrected chi connectivity index (χ3v) is 4.21. The van der Waals surface area contributed by atoms with E-state index in [1.165, 1.54) is 12.8 Å². The molecule has 0 bridgehead atoms. The van der Waals surface area contributed by atoms with Gasteiger partial charge < -0.3 is 15.4 Å². The molecule has 108 valence electrons. The van der Waals surface area contributed by atoms with E-state index in [2.05, 4.69) is 10.6 Å². The van der Waals surface area contributed by atoms with Crippen LogP contribution in [-0.4, -0.2) is 32.1 Å². The van der Waals surface area contributed by atoms with E-state index in [0.29, 0.717) is 12.5 Å². The summed E-state index contributed by atoms with van der Waals surface area (Å²) in [4.78, 5) is 12.2. The van der Waals surface area contributed by atoms with Crippen LogP contribution in [0.15, 0.2) is 24.3 Å². The summed E-state index contributed by atoms with van der Waals surface area (Å²) in [5.41, 5.74) is 1.14. The number of nitrogens with one attached hydrogen (secondary N) is 2. The number of benzene rings is 1. The first-order chi connectivity index (χ1) is 9.83. The predicted molar refractivity (Wildman–Crippen MR) is 77.7 cm³/mol. The van der Waals surface area contributed by atoms with Crippen molar-refractivity contribution in [1.29, 1.82) is 0 Å². The molecule has 0 saturated carbocycles. The average Bonchev–Trinajstić information content (AvgIpc) is 2.53. The molecule has 0 spiro atoms. The van der Waals surface area contributed by atoms with Crippen molar-refractivity contribution in [1.82, 2.24) is 10.6 Å². The molecule has 4 nitrogen and oxygen atoms in total. The van der Waals surface area contributed by atoms with E-state index in [0.717, 1.165) is 37.4 Å². The van der Waals surface area contributed by atoms with Gasteiger partial charge in [-0.1, -0.05) is 18.2 Å². The number of piperidine rings is 1. The minimum atomic E-state index is -0.0542. The highest BCUT2D eigenvalue weighted by molar-refractivity contribution is 5.79. The van der Waals surface area contributed by atoms with Gasteiger partial charge in [-0.2, -0.15) is 0 Å². The molecular formula is C16H22N2O2. The van der Waals surface area contributed by atoms with Gasteiger partial charge in [-0.25, -0.2) is 0 Å². The molecule has 1 fully saturated rings. The summed E-state index contributed by atoms with van der Waals surface area (Å²) in [5, 5.41) is 6.47. The first-order valence-corrected chi connectivity index (χ1v) is 7.52. The second kappa shape index (κ2) is 6.27. The van der Waals surface area contributed by atoms with E-state index < -0.39 is 0 Å². The van der Waals surface area contributed by atoms with Crippen LogP contribution in [0.25, 0.3) is 0 Å². The molecule has 0 radical (unpaired) electrons. The standard InChI is InChI=1S/C16H22N2O2/c19-16(18-10-12-4-3-7-17-9-12)14-8-13-5-1-2-6-15(13)20-11-14/h1-2,5-6,12,14,17H,3-4,7-11H2,(H,18,19). The van der Waals surface area contributed by atoms with Crippen LogP contribution < -0.4 is 15.4 Å². The van der Waals surface area contributed by atoms with Gasteiger partial charge in [0.1, 0.15) is 12.4 Å². The first-order valence-electron chi connectivity index (χ1n) is 7.52. The summed E-state index contributed by atoms with van der Waals surface area (Å²) < 4.78 is 5.68. The van der Waals surface area contributed by atoms with Gasteiger partial charge in [0.05, 0.1) is 5.92 Å². The Kier molecular flexibility index (Phi) is 4.21. The second-order valence-electron chi connectivity index (χ2n) is 5.78. The summed E-state index contributed by atoms with van der Waals surface area (Å²) in [6.45, 7) is 3.40. The van der Waals surface area contributed by atoms with E-state index in [-0.39, 0.29) is 11.8 Å². The molecule has 2 heterocycles. The highest BCUT2D eigenvalue weighted by Gasteiger charge is 2.26. The molecule has 1 saturated heterocycles. The lowest BCUT2D eigenvalue weighted by Gasteiger charge is -2.27. The van der Waals surface area contributed by atoms with Gasteiger partial charge in [0.15, 0.2) is 0 Å². The molecule has 2 atom stereocenters. The average molecular weight is 274 g/mol. The smallest absolute Gasteiger partial charge is 0.226 e. The number of hydrogen-bond acceptors (Lipinski definition) is 3. The lowest BCUT2D eigenvalue weighted by Crippen LogP contribution is -2.42. The zero-order valence-corrected chi connectivity index (χ0v) is 11.7.